The zero-order valence-corrected chi connectivity index (χ0v) is 53.8. The molecule has 0 saturated carbocycles. The standard InChI is InChI=1S/C71H137NO10/c1-3-5-7-9-11-13-15-17-19-21-23-25-27-28-29-30-31-32-33-34-35-37-38-40-42-44-46-48-50-52-54-56-58-63(74)66(76)62(61-81-71-69(79)68(78)67(77)65(60-73)82-71)72-70(80)64(75)59-57-55-53-51-49-47-45-43-41-39-36-26-24-22-20-18-16-14-12-10-8-6-4-2/h39,41,50,52,62-69,71,73-79H,3-38,40,42-49,51,53-61H2,1-2H3,(H,72,80)/b41-39-,52-50+. The second-order valence-corrected chi connectivity index (χ2v) is 25.3. The number of allylic oxidation sites excluding steroid dienone is 4. The minimum absolute atomic E-state index is 0.251. The van der Waals surface area contributed by atoms with Crippen molar-refractivity contribution < 1.29 is 50.0 Å². The average Bonchev–Trinajstić information content (AvgIpc) is 3.53. The molecule has 0 aliphatic carbocycles. The summed E-state index contributed by atoms with van der Waals surface area (Å²) in [7, 11) is 0. The molecule has 1 saturated heterocycles. The van der Waals surface area contributed by atoms with Gasteiger partial charge in [-0.25, -0.2) is 0 Å². The molecule has 1 aliphatic rings. The lowest BCUT2D eigenvalue weighted by atomic mass is 9.98. The van der Waals surface area contributed by atoms with Crippen LogP contribution in [0.25, 0.3) is 0 Å². The van der Waals surface area contributed by atoms with Gasteiger partial charge in [0.1, 0.15) is 36.6 Å². The summed E-state index contributed by atoms with van der Waals surface area (Å²) in [5, 5.41) is 76.5. The van der Waals surface area contributed by atoms with Gasteiger partial charge in [-0.2, -0.15) is 0 Å². The molecule has 0 radical (unpaired) electrons. The smallest absolute Gasteiger partial charge is 0.249 e. The lowest BCUT2D eigenvalue weighted by molar-refractivity contribution is -0.303. The van der Waals surface area contributed by atoms with Crippen molar-refractivity contribution in [3.05, 3.63) is 24.3 Å². The molecular weight excluding hydrogens is 1030 g/mol. The van der Waals surface area contributed by atoms with E-state index in [0.29, 0.717) is 12.8 Å². The van der Waals surface area contributed by atoms with Crippen LogP contribution in [0.1, 0.15) is 354 Å². The predicted octanol–water partition coefficient (Wildman–Crippen LogP) is 17.2. The first-order valence-electron chi connectivity index (χ1n) is 35.7. The van der Waals surface area contributed by atoms with Gasteiger partial charge in [-0.05, 0) is 64.2 Å². The van der Waals surface area contributed by atoms with Crippen molar-refractivity contribution in [1.29, 1.82) is 0 Å². The second kappa shape index (κ2) is 59.9. The Morgan fingerprint density at radius 1 is 0.415 bits per heavy atom. The zero-order chi connectivity index (χ0) is 59.6. The molecule has 1 fully saturated rings. The number of aliphatic hydroxyl groups excluding tert-OH is 7. The Labute approximate surface area is 505 Å². The monoisotopic (exact) mass is 1160 g/mol. The fourth-order valence-corrected chi connectivity index (χ4v) is 11.7. The van der Waals surface area contributed by atoms with Crippen LogP contribution in [0, 0.1) is 0 Å². The van der Waals surface area contributed by atoms with E-state index in [4.69, 9.17) is 9.47 Å². The molecule has 1 aliphatic heterocycles. The van der Waals surface area contributed by atoms with Crippen molar-refractivity contribution >= 4 is 5.91 Å². The van der Waals surface area contributed by atoms with Gasteiger partial charge in [-0.3, -0.25) is 4.79 Å². The molecule has 1 rings (SSSR count). The van der Waals surface area contributed by atoms with Crippen LogP contribution >= 0.6 is 0 Å². The van der Waals surface area contributed by atoms with Crippen molar-refractivity contribution in [1.82, 2.24) is 5.32 Å². The van der Waals surface area contributed by atoms with Crippen LogP contribution in [0.5, 0.6) is 0 Å². The van der Waals surface area contributed by atoms with Gasteiger partial charge in [-0.15, -0.1) is 0 Å². The number of rotatable bonds is 63. The number of carbonyl (C=O) groups is 1. The first-order chi connectivity index (χ1) is 40.2. The fourth-order valence-electron chi connectivity index (χ4n) is 11.7. The van der Waals surface area contributed by atoms with E-state index in [1.54, 1.807) is 0 Å². The van der Waals surface area contributed by atoms with Gasteiger partial charge >= 0.3 is 0 Å². The maximum absolute atomic E-state index is 13.2. The highest BCUT2D eigenvalue weighted by molar-refractivity contribution is 5.80. The van der Waals surface area contributed by atoms with E-state index < -0.39 is 74.2 Å². The molecule has 1 amide bonds. The predicted molar refractivity (Wildman–Crippen MR) is 344 cm³/mol. The number of unbranched alkanes of at least 4 members (excludes halogenated alkanes) is 47. The second-order valence-electron chi connectivity index (χ2n) is 25.3. The van der Waals surface area contributed by atoms with Gasteiger partial charge in [0.2, 0.25) is 5.91 Å². The van der Waals surface area contributed by atoms with Crippen molar-refractivity contribution in [2.45, 2.75) is 409 Å². The first kappa shape index (κ1) is 78.6. The third-order valence-electron chi connectivity index (χ3n) is 17.5. The van der Waals surface area contributed by atoms with Crippen LogP contribution in [0.3, 0.4) is 0 Å². The molecule has 1 heterocycles. The number of carbonyl (C=O) groups excluding carboxylic acids is 1. The van der Waals surface area contributed by atoms with Crippen LogP contribution in [0.15, 0.2) is 24.3 Å². The molecule has 0 aromatic carbocycles. The Kier molecular flexibility index (Phi) is 57.4. The van der Waals surface area contributed by atoms with Crippen LogP contribution in [0.2, 0.25) is 0 Å². The van der Waals surface area contributed by atoms with Gasteiger partial charge in [0.25, 0.3) is 0 Å². The zero-order valence-electron chi connectivity index (χ0n) is 53.8. The van der Waals surface area contributed by atoms with Gasteiger partial charge in [0, 0.05) is 0 Å². The first-order valence-corrected chi connectivity index (χ1v) is 35.7. The molecule has 486 valence electrons. The number of hydrogen-bond acceptors (Lipinski definition) is 10. The summed E-state index contributed by atoms with van der Waals surface area (Å²) in [6.07, 6.45) is 64.2. The Hall–Kier alpha value is -1.41. The van der Waals surface area contributed by atoms with Gasteiger partial charge in [0.15, 0.2) is 6.29 Å². The van der Waals surface area contributed by atoms with Gasteiger partial charge < -0.3 is 50.5 Å². The molecule has 8 N–H and O–H groups in total. The summed E-state index contributed by atoms with van der Waals surface area (Å²) in [6.45, 7) is 3.50. The third-order valence-corrected chi connectivity index (χ3v) is 17.5. The molecule has 9 atom stereocenters. The van der Waals surface area contributed by atoms with Crippen molar-refractivity contribution in [3.63, 3.8) is 0 Å². The molecule has 0 aromatic heterocycles. The number of hydrogen-bond donors (Lipinski definition) is 8. The van der Waals surface area contributed by atoms with E-state index in [1.807, 2.05) is 0 Å². The topological polar surface area (TPSA) is 189 Å². The molecule has 11 heteroatoms. The molecule has 0 aromatic rings. The SMILES string of the molecule is CCCCCCCCCCCCCC/C=C\CCCCCCCCCC(O)C(=O)NC(COC1OC(CO)C(O)C(O)C1O)C(O)C(O)CCC/C=C/CCCCCCCCCCCCCCCCCCCCCCCCCCCCC. The van der Waals surface area contributed by atoms with Crippen molar-refractivity contribution in [3.8, 4) is 0 Å². The van der Waals surface area contributed by atoms with Crippen molar-refractivity contribution in [2.24, 2.45) is 0 Å². The van der Waals surface area contributed by atoms with E-state index in [0.717, 1.165) is 44.9 Å². The Morgan fingerprint density at radius 3 is 1.05 bits per heavy atom. The maximum Gasteiger partial charge on any atom is 0.249 e. The number of nitrogens with one attached hydrogen (secondary N) is 1. The van der Waals surface area contributed by atoms with Crippen LogP contribution in [0.4, 0.5) is 0 Å². The minimum Gasteiger partial charge on any atom is -0.394 e. The fraction of sp³-hybridized carbons (Fsp3) is 0.930. The highest BCUT2D eigenvalue weighted by atomic mass is 16.7. The van der Waals surface area contributed by atoms with E-state index in [1.165, 1.54) is 270 Å². The summed E-state index contributed by atoms with van der Waals surface area (Å²) in [5.74, 6) is -0.704. The summed E-state index contributed by atoms with van der Waals surface area (Å²) < 4.78 is 11.2. The normalized spacial score (nSPS) is 19.2. The Bertz CT molecular complexity index is 1380. The summed E-state index contributed by atoms with van der Waals surface area (Å²) in [4.78, 5) is 13.2. The van der Waals surface area contributed by atoms with Gasteiger partial charge in [-0.1, -0.05) is 314 Å². The molecule has 11 nitrogen and oxygen atoms in total. The maximum atomic E-state index is 13.2. The average molecular weight is 1160 g/mol. The lowest BCUT2D eigenvalue weighted by Crippen LogP contribution is -2.60. The van der Waals surface area contributed by atoms with Crippen LogP contribution < -0.4 is 5.32 Å². The Morgan fingerprint density at radius 2 is 0.720 bits per heavy atom. The van der Waals surface area contributed by atoms with E-state index in [9.17, 15) is 40.5 Å². The number of ether oxygens (including phenoxy) is 2. The third kappa shape index (κ3) is 46.8. The molecule has 9 unspecified atom stereocenters. The Balaban J connectivity index is 2.20. The largest absolute Gasteiger partial charge is 0.394 e. The van der Waals surface area contributed by atoms with Crippen molar-refractivity contribution in [2.75, 3.05) is 13.2 Å². The molecule has 82 heavy (non-hydrogen) atoms. The summed E-state index contributed by atoms with van der Waals surface area (Å²) in [5.41, 5.74) is 0. The summed E-state index contributed by atoms with van der Waals surface area (Å²) in [6, 6.07) is -1.19. The number of aliphatic hydroxyl groups is 7. The highest BCUT2D eigenvalue weighted by Crippen LogP contribution is 2.24. The van der Waals surface area contributed by atoms with Crippen LogP contribution in [-0.4, -0.2) is 110 Å². The highest BCUT2D eigenvalue weighted by Gasteiger charge is 2.44. The van der Waals surface area contributed by atoms with E-state index in [-0.39, 0.29) is 12.8 Å². The van der Waals surface area contributed by atoms with E-state index in [2.05, 4.69) is 43.5 Å². The molecule has 0 bridgehead atoms. The molecular formula is C71H137NO10. The molecule has 0 spiro atoms. The van der Waals surface area contributed by atoms with E-state index >= 15 is 0 Å². The van der Waals surface area contributed by atoms with Gasteiger partial charge in [0.05, 0.1) is 25.4 Å². The van der Waals surface area contributed by atoms with Crippen LogP contribution in [-0.2, 0) is 14.3 Å². The number of amides is 1. The quantitative estimate of drug-likeness (QED) is 0.0215. The minimum atomic E-state index is -1.67. The summed E-state index contributed by atoms with van der Waals surface area (Å²) >= 11 is 0. The lowest BCUT2D eigenvalue weighted by Gasteiger charge is -2.40.